The fraction of sp³-hybridized carbons (Fsp3) is 0.704. The molecule has 0 radical (unpaired) electrons. The van der Waals surface area contributed by atoms with Crippen molar-refractivity contribution in [3.05, 3.63) is 0 Å². The zero-order chi connectivity index (χ0) is 30.5. The van der Waals surface area contributed by atoms with Gasteiger partial charge in [0, 0.05) is 58.0 Å². The molecule has 0 atom stereocenters. The predicted molar refractivity (Wildman–Crippen MR) is 143 cm³/mol. The third-order valence-corrected chi connectivity index (χ3v) is 6.02. The van der Waals surface area contributed by atoms with Crippen molar-refractivity contribution >= 4 is 47.9 Å². The molecule has 14 nitrogen and oxygen atoms in total. The van der Waals surface area contributed by atoms with Gasteiger partial charge in [-0.25, -0.2) is 9.59 Å². The summed E-state index contributed by atoms with van der Waals surface area (Å²) >= 11 is 0. The number of nitrogens with one attached hydrogen (secondary N) is 2. The molecule has 0 aromatic heterocycles. The first-order chi connectivity index (χ1) is 19.7. The van der Waals surface area contributed by atoms with E-state index < -0.39 is 29.7 Å². The molecule has 0 saturated carbocycles. The first-order valence-electron chi connectivity index (χ1n) is 14.3. The smallest absolute Gasteiger partial charge is 0.333 e. The molecular weight excluding hydrogens is 540 g/mol. The molecule has 6 amide bonds. The quantitative estimate of drug-likeness (QED) is 0.0874. The minimum atomic E-state index is -0.663. The summed E-state index contributed by atoms with van der Waals surface area (Å²) in [5.41, 5.74) is 0. The molecule has 1 fully saturated rings. The van der Waals surface area contributed by atoms with Crippen LogP contribution < -0.4 is 10.6 Å². The van der Waals surface area contributed by atoms with E-state index in [0.717, 1.165) is 0 Å². The summed E-state index contributed by atoms with van der Waals surface area (Å²) in [6.07, 6.45) is 6.46. The Labute approximate surface area is 239 Å². The second-order valence-corrected chi connectivity index (χ2v) is 9.61. The van der Waals surface area contributed by atoms with Gasteiger partial charge in [0.05, 0.1) is 0 Å². The van der Waals surface area contributed by atoms with E-state index in [1.54, 1.807) is 6.92 Å². The lowest BCUT2D eigenvalue weighted by Crippen LogP contribution is -2.32. The van der Waals surface area contributed by atoms with E-state index in [0.29, 0.717) is 93.8 Å². The Kier molecular flexibility index (Phi) is 18.0. The molecule has 41 heavy (non-hydrogen) atoms. The number of carbonyl (C=O) groups is 8. The predicted octanol–water partition coefficient (Wildman–Crippen LogP) is 1.75. The van der Waals surface area contributed by atoms with E-state index >= 15 is 0 Å². The second-order valence-electron chi connectivity index (χ2n) is 9.61. The molecule has 1 heterocycles. The number of amides is 6. The van der Waals surface area contributed by atoms with Gasteiger partial charge in [-0.3, -0.25) is 28.8 Å². The highest BCUT2D eigenvalue weighted by molar-refractivity contribution is 6.01. The number of imide groups is 2. The summed E-state index contributed by atoms with van der Waals surface area (Å²) in [6.45, 7) is 2.69. The van der Waals surface area contributed by atoms with Crippen molar-refractivity contribution in [3.63, 3.8) is 0 Å². The lowest BCUT2D eigenvalue weighted by Gasteiger charge is -2.13. The van der Waals surface area contributed by atoms with Crippen molar-refractivity contribution in [3.8, 4) is 0 Å². The van der Waals surface area contributed by atoms with Gasteiger partial charge >= 0.3 is 11.9 Å². The standard InChI is InChI=1S/C27H42N4O10/c1-2-11-23(35)30(20-32)40-26(38)14-5-3-9-18-28-21(33)12-7-8-13-22(34)29-19-10-4-6-15-27(39)41-31-24(36)16-17-25(31)37/h20H,2-19H2,1H3,(H,28,33)(H,29,34). The molecule has 2 N–H and O–H groups in total. The summed E-state index contributed by atoms with van der Waals surface area (Å²) in [4.78, 5) is 102. The van der Waals surface area contributed by atoms with E-state index in [1.807, 2.05) is 0 Å². The number of carbonyl (C=O) groups excluding carboxylic acids is 8. The van der Waals surface area contributed by atoms with Crippen LogP contribution in [0.2, 0.25) is 0 Å². The van der Waals surface area contributed by atoms with Crippen LogP contribution in [0, 0.1) is 0 Å². The van der Waals surface area contributed by atoms with Gasteiger partial charge in [-0.15, -0.1) is 10.1 Å². The van der Waals surface area contributed by atoms with Crippen LogP contribution in [0.5, 0.6) is 0 Å². The van der Waals surface area contributed by atoms with Gasteiger partial charge in [-0.05, 0) is 44.9 Å². The average Bonchev–Trinajstić information content (AvgIpc) is 3.25. The van der Waals surface area contributed by atoms with Gasteiger partial charge in [-0.1, -0.05) is 19.8 Å². The van der Waals surface area contributed by atoms with Gasteiger partial charge in [-0.2, -0.15) is 0 Å². The Balaban J connectivity index is 1.95. The third-order valence-electron chi connectivity index (χ3n) is 6.02. The maximum absolute atomic E-state index is 11.9. The van der Waals surface area contributed by atoms with Gasteiger partial charge in [0.25, 0.3) is 24.1 Å². The molecule has 14 heteroatoms. The SMILES string of the molecule is CCCC(=O)N(C=O)OC(=O)CCCCCNC(=O)CCCCC(=O)NCCCCCC(=O)ON1C(=O)CCC1=O. The van der Waals surface area contributed by atoms with Crippen LogP contribution in [-0.4, -0.2) is 71.1 Å². The third kappa shape index (κ3) is 16.1. The summed E-state index contributed by atoms with van der Waals surface area (Å²) in [7, 11) is 0. The molecular formula is C27H42N4O10. The Morgan fingerprint density at radius 3 is 1.71 bits per heavy atom. The van der Waals surface area contributed by atoms with Crippen molar-refractivity contribution in [2.75, 3.05) is 13.1 Å². The summed E-state index contributed by atoms with van der Waals surface area (Å²) in [5, 5.41) is 6.54. The molecule has 1 rings (SSSR count). The van der Waals surface area contributed by atoms with Crippen LogP contribution in [0.25, 0.3) is 0 Å². The molecule has 0 aromatic rings. The van der Waals surface area contributed by atoms with Crippen molar-refractivity contribution in [2.24, 2.45) is 0 Å². The second kappa shape index (κ2) is 21.0. The van der Waals surface area contributed by atoms with Crippen LogP contribution in [-0.2, 0) is 48.0 Å². The van der Waals surface area contributed by atoms with Crippen molar-refractivity contribution in [1.29, 1.82) is 0 Å². The molecule has 1 saturated heterocycles. The molecule has 1 aliphatic heterocycles. The maximum atomic E-state index is 11.9. The lowest BCUT2D eigenvalue weighted by molar-refractivity contribution is -0.197. The Hall–Kier alpha value is -3.84. The van der Waals surface area contributed by atoms with Gasteiger partial charge in [0.2, 0.25) is 11.8 Å². The number of hydroxylamine groups is 4. The fourth-order valence-corrected chi connectivity index (χ4v) is 3.76. The van der Waals surface area contributed by atoms with Gasteiger partial charge in [0.1, 0.15) is 0 Å². The van der Waals surface area contributed by atoms with E-state index in [4.69, 9.17) is 9.68 Å². The largest absolute Gasteiger partial charge is 0.356 e. The van der Waals surface area contributed by atoms with Crippen LogP contribution >= 0.6 is 0 Å². The van der Waals surface area contributed by atoms with Gasteiger partial charge < -0.3 is 20.3 Å². The van der Waals surface area contributed by atoms with E-state index in [2.05, 4.69) is 10.6 Å². The Bertz CT molecular complexity index is 908. The minimum absolute atomic E-state index is 0.0538. The molecule has 0 unspecified atom stereocenters. The molecule has 0 spiro atoms. The summed E-state index contributed by atoms with van der Waals surface area (Å²) in [6, 6.07) is 0. The first-order valence-corrected chi connectivity index (χ1v) is 14.3. The molecule has 0 bridgehead atoms. The zero-order valence-corrected chi connectivity index (χ0v) is 23.8. The van der Waals surface area contributed by atoms with Crippen LogP contribution in [0.1, 0.15) is 110 Å². The highest BCUT2D eigenvalue weighted by Crippen LogP contribution is 2.13. The normalized spacial score (nSPS) is 12.6. The Morgan fingerprint density at radius 1 is 0.732 bits per heavy atom. The van der Waals surface area contributed by atoms with Crippen molar-refractivity contribution < 1.29 is 48.0 Å². The molecule has 1 aliphatic rings. The molecule has 0 aromatic carbocycles. The maximum Gasteiger partial charge on any atom is 0.333 e. The number of unbranched alkanes of at least 4 members (excludes halogenated alkanes) is 5. The fourth-order valence-electron chi connectivity index (χ4n) is 3.76. The van der Waals surface area contributed by atoms with Crippen LogP contribution in [0.3, 0.4) is 0 Å². The topological polar surface area (TPSA) is 186 Å². The summed E-state index contributed by atoms with van der Waals surface area (Å²) in [5.74, 6) is -3.11. The minimum Gasteiger partial charge on any atom is -0.356 e. The highest BCUT2D eigenvalue weighted by atomic mass is 16.7. The summed E-state index contributed by atoms with van der Waals surface area (Å²) < 4.78 is 0. The van der Waals surface area contributed by atoms with Gasteiger partial charge in [0.15, 0.2) is 0 Å². The molecule has 230 valence electrons. The number of hydrogen-bond acceptors (Lipinski definition) is 10. The van der Waals surface area contributed by atoms with E-state index in [1.165, 1.54) is 0 Å². The first kappa shape index (κ1) is 35.2. The number of rotatable bonds is 21. The van der Waals surface area contributed by atoms with Crippen molar-refractivity contribution in [2.45, 2.75) is 110 Å². The van der Waals surface area contributed by atoms with E-state index in [-0.39, 0.29) is 50.3 Å². The van der Waals surface area contributed by atoms with E-state index in [9.17, 15) is 38.4 Å². The highest BCUT2D eigenvalue weighted by Gasteiger charge is 2.32. The lowest BCUT2D eigenvalue weighted by atomic mass is 10.1. The Morgan fingerprint density at radius 2 is 1.22 bits per heavy atom. The van der Waals surface area contributed by atoms with Crippen LogP contribution in [0.4, 0.5) is 0 Å². The van der Waals surface area contributed by atoms with Crippen LogP contribution in [0.15, 0.2) is 0 Å². The number of nitrogens with zero attached hydrogens (tertiary/aromatic N) is 2. The zero-order valence-electron chi connectivity index (χ0n) is 23.8. The number of hydrogen-bond donors (Lipinski definition) is 2. The monoisotopic (exact) mass is 582 g/mol. The average molecular weight is 583 g/mol. The molecule has 0 aliphatic carbocycles. The van der Waals surface area contributed by atoms with Crippen molar-refractivity contribution in [1.82, 2.24) is 20.8 Å².